The van der Waals surface area contributed by atoms with Gasteiger partial charge in [-0.2, -0.15) is 5.10 Å². The van der Waals surface area contributed by atoms with E-state index in [9.17, 15) is 13.5 Å². The molecule has 0 fully saturated rings. The van der Waals surface area contributed by atoms with Gasteiger partial charge in [-0.1, -0.05) is 37.3 Å². The number of pyridine rings is 1. The fraction of sp³-hybridized carbons (Fsp3) is 0.385. The van der Waals surface area contributed by atoms with E-state index in [0.29, 0.717) is 33.9 Å². The number of aryl methyl sites for hydroxylation is 1. The Morgan fingerprint density at radius 3 is 2.29 bits per heavy atom. The Morgan fingerprint density at radius 1 is 1.07 bits per heavy atom. The third-order valence-electron chi connectivity index (χ3n) is 6.30. The van der Waals surface area contributed by atoms with Gasteiger partial charge in [-0.15, -0.1) is 10.2 Å². The molecule has 0 aliphatic carbocycles. The van der Waals surface area contributed by atoms with Crippen molar-refractivity contribution < 1.29 is 23.0 Å². The van der Waals surface area contributed by atoms with E-state index in [4.69, 9.17) is 21.1 Å². The second-order valence-corrected chi connectivity index (χ2v) is 18.6. The van der Waals surface area contributed by atoms with Crippen LogP contribution in [-0.4, -0.2) is 77.6 Å². The van der Waals surface area contributed by atoms with Crippen LogP contribution in [0.4, 0.5) is 5.95 Å². The van der Waals surface area contributed by atoms with E-state index >= 15 is 0 Å². The van der Waals surface area contributed by atoms with Gasteiger partial charge in [0.2, 0.25) is 16.0 Å². The van der Waals surface area contributed by atoms with Gasteiger partial charge in [-0.05, 0) is 36.4 Å². The van der Waals surface area contributed by atoms with E-state index < -0.39 is 30.0 Å². The Kier molecular flexibility index (Phi) is 9.06. The zero-order chi connectivity index (χ0) is 29.9. The van der Waals surface area contributed by atoms with Crippen LogP contribution in [0.1, 0.15) is 11.8 Å². The molecule has 0 unspecified atom stereocenters. The van der Waals surface area contributed by atoms with Crippen molar-refractivity contribution in [3.8, 4) is 28.7 Å². The molecular weight excluding hydrogens is 586 g/mol. The van der Waals surface area contributed by atoms with Crippen LogP contribution in [0.15, 0.2) is 48.8 Å². The van der Waals surface area contributed by atoms with Gasteiger partial charge in [-0.3, -0.25) is 14.2 Å². The maximum atomic E-state index is 14.1. The van der Waals surface area contributed by atoms with Crippen LogP contribution >= 0.6 is 11.6 Å². The van der Waals surface area contributed by atoms with E-state index in [1.54, 1.807) is 52.8 Å². The molecule has 3 heterocycles. The Bertz CT molecular complexity index is 1580. The number of methoxy groups -OCH3 is 2. The van der Waals surface area contributed by atoms with Crippen LogP contribution in [0.2, 0.25) is 30.7 Å². The molecule has 4 rings (SSSR count). The van der Waals surface area contributed by atoms with Crippen molar-refractivity contribution in [2.75, 3.05) is 30.8 Å². The summed E-state index contributed by atoms with van der Waals surface area (Å²) in [4.78, 5) is 4.10. The number of anilines is 1. The number of benzene rings is 1. The molecule has 0 radical (unpaired) electrons. The number of sulfonamides is 1. The lowest BCUT2D eigenvalue weighted by atomic mass is 10.2. The minimum atomic E-state index is -4.19. The van der Waals surface area contributed by atoms with E-state index in [-0.39, 0.29) is 24.0 Å². The van der Waals surface area contributed by atoms with Crippen LogP contribution in [-0.2, 0) is 17.1 Å². The first-order chi connectivity index (χ1) is 19.3. The molecule has 0 aliphatic rings. The summed E-state index contributed by atoms with van der Waals surface area (Å²) in [6.07, 6.45) is 1.71. The Morgan fingerprint density at radius 2 is 1.76 bits per heavy atom. The number of rotatable bonds is 12. The zero-order valence-electron chi connectivity index (χ0n) is 23.8. The van der Waals surface area contributed by atoms with Gasteiger partial charge in [0.1, 0.15) is 34.7 Å². The number of halogens is 1. The molecule has 0 spiro atoms. The van der Waals surface area contributed by atoms with Crippen molar-refractivity contribution in [2.24, 2.45) is 7.05 Å². The normalized spacial score (nSPS) is 12.8. The minimum Gasteiger partial charge on any atom is -0.494 e. The Balaban J connectivity index is 1.92. The van der Waals surface area contributed by atoms with Gasteiger partial charge in [0, 0.05) is 34.1 Å². The third-order valence-corrected chi connectivity index (χ3v) is 10.00. The highest BCUT2D eigenvalue weighted by Gasteiger charge is 2.35. The minimum absolute atomic E-state index is 0.0166. The topological polar surface area (TPSA) is 137 Å². The summed E-state index contributed by atoms with van der Waals surface area (Å²) in [7, 11) is -1.14. The van der Waals surface area contributed by atoms with Crippen LogP contribution < -0.4 is 13.8 Å². The second-order valence-electron chi connectivity index (χ2n) is 10.6. The molecule has 0 saturated carbocycles. The first-order valence-electron chi connectivity index (χ1n) is 12.8. The summed E-state index contributed by atoms with van der Waals surface area (Å²) in [6.45, 7) is 6.57. The lowest BCUT2D eigenvalue weighted by Gasteiger charge is -2.28. The van der Waals surface area contributed by atoms with Crippen molar-refractivity contribution in [1.82, 2.24) is 29.5 Å². The Labute approximate surface area is 245 Å². The average Bonchev–Trinajstić information content (AvgIpc) is 3.53. The molecule has 220 valence electrons. The predicted octanol–water partition coefficient (Wildman–Crippen LogP) is 3.94. The van der Waals surface area contributed by atoms with Crippen molar-refractivity contribution in [1.29, 1.82) is 0 Å². The standard InChI is InChI=1S/C26H34ClN7O5SSi/c1-32-13-12-20(31-32)25-29-30-26(34(25)24-22(38-2)8-7-9-23(24)39-3)33(14-15-41(4,5)6)40(36,37)17-21(35)19-11-10-18(27)16-28-19/h7-13,16,21,35H,14-15,17H2,1-6H3/t21-/m0/s1. The van der Waals surface area contributed by atoms with Crippen LogP contribution in [0, 0.1) is 0 Å². The molecule has 4 aromatic rings. The van der Waals surface area contributed by atoms with E-state index in [2.05, 4.69) is 39.9 Å². The number of para-hydroxylation sites is 1. The number of aliphatic hydroxyl groups excluding tert-OH is 1. The molecule has 0 aliphatic heterocycles. The number of aliphatic hydroxyl groups is 1. The molecule has 41 heavy (non-hydrogen) atoms. The van der Waals surface area contributed by atoms with Crippen molar-refractivity contribution >= 4 is 35.6 Å². The van der Waals surface area contributed by atoms with Gasteiger partial charge in [0.25, 0.3) is 0 Å². The highest BCUT2D eigenvalue weighted by atomic mass is 35.5. The summed E-state index contributed by atoms with van der Waals surface area (Å²) < 4.78 is 44.0. The Hall–Kier alpha value is -3.46. The number of hydrogen-bond donors (Lipinski definition) is 1. The van der Waals surface area contributed by atoms with Gasteiger partial charge in [0.05, 0.1) is 24.9 Å². The SMILES string of the molecule is COc1cccc(OC)c1-n1c(-c2ccn(C)n2)nnc1N(CC[Si](C)(C)C)S(=O)(=O)C[C@H](O)c1ccc(Cl)cn1. The molecule has 0 amide bonds. The van der Waals surface area contributed by atoms with E-state index in [0.717, 1.165) is 0 Å². The third kappa shape index (κ3) is 6.89. The molecule has 1 N–H and O–H groups in total. The number of hydrogen-bond acceptors (Lipinski definition) is 9. The van der Waals surface area contributed by atoms with Gasteiger partial charge in [-0.25, -0.2) is 12.7 Å². The van der Waals surface area contributed by atoms with Gasteiger partial charge < -0.3 is 14.6 Å². The molecule has 0 saturated heterocycles. The van der Waals surface area contributed by atoms with E-state index in [1.807, 2.05) is 0 Å². The largest absolute Gasteiger partial charge is 0.494 e. The molecule has 1 atom stereocenters. The zero-order valence-corrected chi connectivity index (χ0v) is 26.4. The maximum absolute atomic E-state index is 14.1. The maximum Gasteiger partial charge on any atom is 0.246 e. The molecule has 3 aromatic heterocycles. The first-order valence-corrected chi connectivity index (χ1v) is 18.5. The monoisotopic (exact) mass is 619 g/mol. The molecule has 15 heteroatoms. The van der Waals surface area contributed by atoms with Gasteiger partial charge in [0.15, 0.2) is 5.82 Å². The van der Waals surface area contributed by atoms with E-state index in [1.165, 1.54) is 30.8 Å². The summed E-state index contributed by atoms with van der Waals surface area (Å²) in [5.74, 6) is 0.493. The van der Waals surface area contributed by atoms with Crippen molar-refractivity contribution in [3.05, 3.63) is 59.5 Å². The number of ether oxygens (including phenoxy) is 2. The molecule has 1 aromatic carbocycles. The summed E-state index contributed by atoms with van der Waals surface area (Å²) in [5.41, 5.74) is 1.06. The summed E-state index contributed by atoms with van der Waals surface area (Å²) in [6, 6.07) is 10.7. The highest BCUT2D eigenvalue weighted by molar-refractivity contribution is 7.92. The molecular formula is C26H34ClN7O5SSi. The van der Waals surface area contributed by atoms with Gasteiger partial charge >= 0.3 is 0 Å². The van der Waals surface area contributed by atoms with Crippen LogP contribution in [0.3, 0.4) is 0 Å². The summed E-state index contributed by atoms with van der Waals surface area (Å²) >= 11 is 5.93. The average molecular weight is 620 g/mol. The molecule has 0 bridgehead atoms. The summed E-state index contributed by atoms with van der Waals surface area (Å²) in [5, 5.41) is 24.6. The fourth-order valence-corrected chi connectivity index (χ4v) is 6.81. The number of aromatic nitrogens is 6. The quantitative estimate of drug-likeness (QED) is 0.234. The van der Waals surface area contributed by atoms with Crippen LogP contribution in [0.25, 0.3) is 17.2 Å². The predicted molar refractivity (Wildman–Crippen MR) is 160 cm³/mol. The molecule has 12 nitrogen and oxygen atoms in total. The fourth-order valence-electron chi connectivity index (χ4n) is 4.16. The smallest absolute Gasteiger partial charge is 0.246 e. The van der Waals surface area contributed by atoms with Crippen LogP contribution in [0.5, 0.6) is 11.5 Å². The lowest BCUT2D eigenvalue weighted by molar-refractivity contribution is 0.196. The first kappa shape index (κ1) is 30.5. The van der Waals surface area contributed by atoms with Crippen molar-refractivity contribution in [2.45, 2.75) is 31.8 Å². The highest BCUT2D eigenvalue weighted by Crippen LogP contribution is 2.39. The second kappa shape index (κ2) is 12.2. The van der Waals surface area contributed by atoms with Crippen molar-refractivity contribution in [3.63, 3.8) is 0 Å². The number of nitrogens with zero attached hydrogens (tertiary/aromatic N) is 7. The lowest BCUT2D eigenvalue weighted by Crippen LogP contribution is -2.40.